The molecular weight excluding hydrogens is 296 g/mol. The number of thiophene rings is 1. The van der Waals surface area contributed by atoms with Gasteiger partial charge in [-0.1, -0.05) is 11.6 Å². The number of methoxy groups -OCH3 is 1. The number of nitrogens with two attached hydrogens (primary N) is 1. The molecule has 2 N–H and O–H groups in total. The van der Waals surface area contributed by atoms with Gasteiger partial charge in [0.1, 0.15) is 4.88 Å². The van der Waals surface area contributed by atoms with E-state index >= 15 is 0 Å². The van der Waals surface area contributed by atoms with E-state index in [0.29, 0.717) is 28.7 Å². The van der Waals surface area contributed by atoms with Crippen LogP contribution in [0.25, 0.3) is 10.1 Å². The second-order valence-electron chi connectivity index (χ2n) is 4.56. The van der Waals surface area contributed by atoms with Gasteiger partial charge in [0.15, 0.2) is 0 Å². The van der Waals surface area contributed by atoms with Gasteiger partial charge in [0.25, 0.3) is 5.91 Å². The lowest BCUT2D eigenvalue weighted by Gasteiger charge is -2.16. The second kappa shape index (κ2) is 6.43. The lowest BCUT2D eigenvalue weighted by molar-refractivity contribution is 0.0785. The number of fused-ring (bicyclic) bond motifs is 1. The number of amides is 1. The molecule has 108 valence electrons. The summed E-state index contributed by atoms with van der Waals surface area (Å²) in [6.07, 6.45) is 0.801. The standard InChI is InChI=1S/C14H17ClN2O2S/c1-17(6-3-7-19-2)14(18)13-12(16)10-5-4-9(15)8-11(10)20-13/h4-5,8H,3,6-7,16H2,1-2H3. The lowest BCUT2D eigenvalue weighted by atomic mass is 10.2. The summed E-state index contributed by atoms with van der Waals surface area (Å²) in [7, 11) is 3.42. The highest BCUT2D eigenvalue weighted by molar-refractivity contribution is 7.21. The molecule has 1 heterocycles. The molecule has 0 fully saturated rings. The zero-order chi connectivity index (χ0) is 14.7. The molecule has 0 aliphatic heterocycles. The van der Waals surface area contributed by atoms with Crippen LogP contribution in [-0.2, 0) is 4.74 Å². The highest BCUT2D eigenvalue weighted by atomic mass is 35.5. The van der Waals surface area contributed by atoms with Crippen molar-refractivity contribution in [3.8, 4) is 0 Å². The number of carbonyl (C=O) groups is 1. The van der Waals surface area contributed by atoms with Crippen molar-refractivity contribution < 1.29 is 9.53 Å². The van der Waals surface area contributed by atoms with Gasteiger partial charge in [0.2, 0.25) is 0 Å². The first kappa shape index (κ1) is 15.1. The highest BCUT2D eigenvalue weighted by Crippen LogP contribution is 2.35. The fraction of sp³-hybridized carbons (Fsp3) is 0.357. The van der Waals surface area contributed by atoms with Gasteiger partial charge in [-0.05, 0) is 24.6 Å². The monoisotopic (exact) mass is 312 g/mol. The Morgan fingerprint density at radius 1 is 1.50 bits per heavy atom. The molecule has 20 heavy (non-hydrogen) atoms. The normalized spacial score (nSPS) is 10.9. The van der Waals surface area contributed by atoms with E-state index in [9.17, 15) is 4.79 Å². The quantitative estimate of drug-likeness (QED) is 0.862. The molecule has 1 amide bonds. The summed E-state index contributed by atoms with van der Waals surface area (Å²) in [6, 6.07) is 5.47. The van der Waals surface area contributed by atoms with E-state index in [1.165, 1.54) is 11.3 Å². The lowest BCUT2D eigenvalue weighted by Crippen LogP contribution is -2.28. The average Bonchev–Trinajstić information content (AvgIpc) is 2.74. The van der Waals surface area contributed by atoms with Crippen molar-refractivity contribution in [2.24, 2.45) is 0 Å². The van der Waals surface area contributed by atoms with E-state index in [1.807, 2.05) is 12.1 Å². The molecule has 0 aliphatic carbocycles. The molecule has 0 unspecified atom stereocenters. The SMILES string of the molecule is COCCCN(C)C(=O)c1sc2cc(Cl)ccc2c1N. The van der Waals surface area contributed by atoms with Gasteiger partial charge in [-0.15, -0.1) is 11.3 Å². The number of anilines is 1. The van der Waals surface area contributed by atoms with Crippen molar-refractivity contribution in [3.63, 3.8) is 0 Å². The Bertz CT molecular complexity index is 627. The van der Waals surface area contributed by atoms with Gasteiger partial charge in [0, 0.05) is 42.4 Å². The number of hydrogen-bond donors (Lipinski definition) is 1. The van der Waals surface area contributed by atoms with Crippen LogP contribution < -0.4 is 5.73 Å². The van der Waals surface area contributed by atoms with Crippen LogP contribution in [0, 0.1) is 0 Å². The Morgan fingerprint density at radius 2 is 2.25 bits per heavy atom. The highest BCUT2D eigenvalue weighted by Gasteiger charge is 2.19. The van der Waals surface area contributed by atoms with Crippen molar-refractivity contribution in [1.29, 1.82) is 0 Å². The van der Waals surface area contributed by atoms with Crippen molar-refractivity contribution in [2.75, 3.05) is 33.0 Å². The maximum Gasteiger partial charge on any atom is 0.265 e. The molecule has 0 bridgehead atoms. The maximum atomic E-state index is 12.4. The maximum absolute atomic E-state index is 12.4. The first-order chi connectivity index (χ1) is 9.54. The number of rotatable bonds is 5. The predicted molar refractivity (Wildman–Crippen MR) is 84.7 cm³/mol. The van der Waals surface area contributed by atoms with Gasteiger partial charge in [-0.25, -0.2) is 0 Å². The summed E-state index contributed by atoms with van der Waals surface area (Å²) >= 11 is 7.35. The average molecular weight is 313 g/mol. The summed E-state index contributed by atoms with van der Waals surface area (Å²) in [5.74, 6) is -0.0593. The van der Waals surface area contributed by atoms with Gasteiger partial charge in [-0.2, -0.15) is 0 Å². The Balaban J connectivity index is 2.23. The molecule has 0 saturated carbocycles. The van der Waals surface area contributed by atoms with E-state index in [-0.39, 0.29) is 5.91 Å². The fourth-order valence-electron chi connectivity index (χ4n) is 1.97. The molecule has 2 aromatic rings. The fourth-order valence-corrected chi connectivity index (χ4v) is 3.36. The van der Waals surface area contributed by atoms with E-state index in [4.69, 9.17) is 22.1 Å². The molecule has 2 rings (SSSR count). The molecule has 0 saturated heterocycles. The third-order valence-electron chi connectivity index (χ3n) is 3.07. The summed E-state index contributed by atoms with van der Waals surface area (Å²) in [6.45, 7) is 1.27. The summed E-state index contributed by atoms with van der Waals surface area (Å²) in [4.78, 5) is 14.6. The third-order valence-corrected chi connectivity index (χ3v) is 4.46. The molecule has 0 aliphatic rings. The number of nitrogen functional groups attached to an aromatic ring is 1. The Kier molecular flexibility index (Phi) is 4.86. The molecular formula is C14H17ClN2O2S. The summed E-state index contributed by atoms with van der Waals surface area (Å²) in [5.41, 5.74) is 6.61. The number of nitrogens with zero attached hydrogens (tertiary/aromatic N) is 1. The number of benzene rings is 1. The molecule has 0 atom stereocenters. The van der Waals surface area contributed by atoms with Crippen LogP contribution in [0.4, 0.5) is 5.69 Å². The van der Waals surface area contributed by atoms with Gasteiger partial charge in [-0.3, -0.25) is 4.79 Å². The first-order valence-corrected chi connectivity index (χ1v) is 7.46. The number of carbonyl (C=O) groups excluding carboxylic acids is 1. The van der Waals surface area contributed by atoms with Crippen molar-refractivity contribution in [2.45, 2.75) is 6.42 Å². The van der Waals surface area contributed by atoms with E-state index < -0.39 is 0 Å². The molecule has 0 spiro atoms. The van der Waals surface area contributed by atoms with Crippen LogP contribution >= 0.6 is 22.9 Å². The van der Waals surface area contributed by atoms with Crippen LogP contribution in [0.3, 0.4) is 0 Å². The number of ether oxygens (including phenoxy) is 1. The predicted octanol–water partition coefficient (Wildman–Crippen LogP) is 3.25. The summed E-state index contributed by atoms with van der Waals surface area (Å²) < 4.78 is 5.92. The first-order valence-electron chi connectivity index (χ1n) is 6.26. The molecule has 0 radical (unpaired) electrons. The Hall–Kier alpha value is -1.30. The molecule has 6 heteroatoms. The van der Waals surface area contributed by atoms with Gasteiger partial charge < -0.3 is 15.4 Å². The second-order valence-corrected chi connectivity index (χ2v) is 6.05. The number of halogens is 1. The number of hydrogen-bond acceptors (Lipinski definition) is 4. The minimum Gasteiger partial charge on any atom is -0.397 e. The zero-order valence-corrected chi connectivity index (χ0v) is 13.1. The minimum atomic E-state index is -0.0593. The van der Waals surface area contributed by atoms with Crippen molar-refractivity contribution >= 4 is 44.6 Å². The Labute approximate surface area is 127 Å². The van der Waals surface area contributed by atoms with E-state index in [1.54, 1.807) is 25.1 Å². The van der Waals surface area contributed by atoms with Crippen LogP contribution in [0.15, 0.2) is 18.2 Å². The van der Waals surface area contributed by atoms with E-state index in [2.05, 4.69) is 0 Å². The van der Waals surface area contributed by atoms with E-state index in [0.717, 1.165) is 16.5 Å². The van der Waals surface area contributed by atoms with Crippen LogP contribution in [0.2, 0.25) is 5.02 Å². The topological polar surface area (TPSA) is 55.6 Å². The van der Waals surface area contributed by atoms with Crippen molar-refractivity contribution in [3.05, 3.63) is 28.1 Å². The Morgan fingerprint density at radius 3 is 2.95 bits per heavy atom. The minimum absolute atomic E-state index is 0.0593. The smallest absolute Gasteiger partial charge is 0.265 e. The molecule has 4 nitrogen and oxygen atoms in total. The summed E-state index contributed by atoms with van der Waals surface area (Å²) in [5, 5.41) is 1.53. The van der Waals surface area contributed by atoms with Gasteiger partial charge in [0.05, 0.1) is 5.69 Å². The molecule has 1 aromatic heterocycles. The molecule has 1 aromatic carbocycles. The zero-order valence-electron chi connectivity index (χ0n) is 11.5. The van der Waals surface area contributed by atoms with Crippen LogP contribution in [0.1, 0.15) is 16.1 Å². The van der Waals surface area contributed by atoms with Crippen LogP contribution in [-0.4, -0.2) is 38.1 Å². The van der Waals surface area contributed by atoms with Crippen molar-refractivity contribution in [1.82, 2.24) is 4.90 Å². The van der Waals surface area contributed by atoms with Crippen LogP contribution in [0.5, 0.6) is 0 Å². The largest absolute Gasteiger partial charge is 0.397 e. The van der Waals surface area contributed by atoms with Gasteiger partial charge >= 0.3 is 0 Å². The third kappa shape index (κ3) is 3.06.